The topological polar surface area (TPSA) is 41.1 Å². The minimum absolute atomic E-state index is 0.103. The van der Waals surface area contributed by atoms with Gasteiger partial charge in [-0.25, -0.2) is 0 Å². The van der Waals surface area contributed by atoms with Crippen LogP contribution in [-0.2, 0) is 4.79 Å². The van der Waals surface area contributed by atoms with E-state index in [4.69, 9.17) is 0 Å². The zero-order valence-corrected chi connectivity index (χ0v) is 16.9. The zero-order valence-electron chi connectivity index (χ0n) is 16.9. The van der Waals surface area contributed by atoms with Gasteiger partial charge in [-0.15, -0.1) is 0 Å². The van der Waals surface area contributed by atoms with Crippen molar-refractivity contribution in [2.45, 2.75) is 103 Å². The molecule has 1 rings (SSSR count). The van der Waals surface area contributed by atoms with Crippen LogP contribution in [-0.4, -0.2) is 5.91 Å². The maximum Gasteiger partial charge on any atom is 0.225 e. The van der Waals surface area contributed by atoms with E-state index in [2.05, 4.69) is 17.6 Å². The summed E-state index contributed by atoms with van der Waals surface area (Å²) in [5, 5.41) is 5.96. The van der Waals surface area contributed by atoms with E-state index >= 15 is 0 Å². The lowest BCUT2D eigenvalue weighted by Gasteiger charge is -2.08. The molecule has 26 heavy (non-hydrogen) atoms. The van der Waals surface area contributed by atoms with Gasteiger partial charge in [0, 0.05) is 12.6 Å². The average Bonchev–Trinajstić information content (AvgIpc) is 2.90. The summed E-state index contributed by atoms with van der Waals surface area (Å²) in [6.45, 7) is 2.28. The third-order valence-electron chi connectivity index (χ3n) is 4.85. The van der Waals surface area contributed by atoms with Crippen LogP contribution < -0.4 is 10.6 Å². The van der Waals surface area contributed by atoms with Crippen LogP contribution in [0.2, 0.25) is 0 Å². The fourth-order valence-corrected chi connectivity index (χ4v) is 3.23. The highest BCUT2D eigenvalue weighted by Crippen LogP contribution is 2.13. The Morgan fingerprint density at radius 1 is 0.769 bits per heavy atom. The van der Waals surface area contributed by atoms with Crippen molar-refractivity contribution in [2.75, 3.05) is 0 Å². The Hall–Kier alpha value is -1.51. The molecule has 0 aromatic heterocycles. The molecule has 0 aliphatic carbocycles. The first-order valence-corrected chi connectivity index (χ1v) is 10.9. The zero-order chi connectivity index (χ0) is 18.7. The molecule has 3 nitrogen and oxygen atoms in total. The van der Waals surface area contributed by atoms with Crippen LogP contribution in [0.15, 0.2) is 36.3 Å². The fraction of sp³-hybridized carbons (Fsp3) is 0.696. The van der Waals surface area contributed by atoms with Crippen molar-refractivity contribution >= 4 is 5.91 Å². The van der Waals surface area contributed by atoms with Crippen LogP contribution in [0.3, 0.4) is 0 Å². The number of amides is 1. The second-order valence-electron chi connectivity index (χ2n) is 7.36. The molecule has 0 fully saturated rings. The smallest absolute Gasteiger partial charge is 0.225 e. The van der Waals surface area contributed by atoms with E-state index in [0.717, 1.165) is 18.7 Å². The maximum atomic E-state index is 11.9. The predicted molar refractivity (Wildman–Crippen MR) is 113 cm³/mol. The summed E-state index contributed by atoms with van der Waals surface area (Å²) in [4.78, 5) is 11.9. The van der Waals surface area contributed by atoms with Crippen molar-refractivity contribution in [1.82, 2.24) is 10.6 Å². The van der Waals surface area contributed by atoms with E-state index in [1.54, 1.807) is 0 Å². The van der Waals surface area contributed by atoms with Crippen molar-refractivity contribution < 1.29 is 4.79 Å². The second-order valence-corrected chi connectivity index (χ2v) is 7.36. The molecule has 0 aromatic carbocycles. The van der Waals surface area contributed by atoms with Crippen molar-refractivity contribution in [1.29, 1.82) is 0 Å². The van der Waals surface area contributed by atoms with Crippen molar-refractivity contribution in [2.24, 2.45) is 0 Å². The summed E-state index contributed by atoms with van der Waals surface area (Å²) in [6, 6.07) is 0. The van der Waals surface area contributed by atoms with Crippen molar-refractivity contribution in [3.05, 3.63) is 36.3 Å². The molecule has 3 heteroatoms. The monoisotopic (exact) mass is 360 g/mol. The number of nitrogens with one attached hydrogen (secondary N) is 2. The van der Waals surface area contributed by atoms with Crippen molar-refractivity contribution in [3.63, 3.8) is 0 Å². The first-order valence-electron chi connectivity index (χ1n) is 10.9. The number of hydrogen-bond donors (Lipinski definition) is 2. The van der Waals surface area contributed by atoms with E-state index in [9.17, 15) is 4.79 Å². The van der Waals surface area contributed by atoms with Crippen LogP contribution in [0.1, 0.15) is 103 Å². The van der Waals surface area contributed by atoms with Gasteiger partial charge in [0.15, 0.2) is 0 Å². The Kier molecular flexibility index (Phi) is 14.7. The van der Waals surface area contributed by atoms with E-state index in [1.807, 2.05) is 30.5 Å². The van der Waals surface area contributed by atoms with Gasteiger partial charge < -0.3 is 10.6 Å². The molecular formula is C23H40N2O. The molecule has 0 radical (unpaired) electrons. The molecule has 1 amide bonds. The van der Waals surface area contributed by atoms with Crippen LogP contribution in [0.25, 0.3) is 0 Å². The molecule has 0 aromatic rings. The number of unbranched alkanes of at least 4 members (excludes halogenated alkanes) is 13. The van der Waals surface area contributed by atoms with Gasteiger partial charge >= 0.3 is 0 Å². The van der Waals surface area contributed by atoms with Crippen LogP contribution in [0, 0.1) is 0 Å². The Bertz CT molecular complexity index is 437. The number of carbonyl (C=O) groups is 1. The highest BCUT2D eigenvalue weighted by molar-refractivity contribution is 5.77. The summed E-state index contributed by atoms with van der Waals surface area (Å²) >= 11 is 0. The molecule has 148 valence electrons. The summed E-state index contributed by atoms with van der Waals surface area (Å²) in [5.41, 5.74) is 0. The Labute approximate surface area is 161 Å². The summed E-state index contributed by atoms with van der Waals surface area (Å²) in [7, 11) is 0. The fourth-order valence-electron chi connectivity index (χ4n) is 3.23. The molecule has 0 saturated carbocycles. The molecule has 0 bridgehead atoms. The third-order valence-corrected chi connectivity index (χ3v) is 4.85. The first kappa shape index (κ1) is 22.5. The Morgan fingerprint density at radius 3 is 1.88 bits per heavy atom. The minimum atomic E-state index is 0.103. The normalized spacial score (nSPS) is 13.2. The number of carbonyl (C=O) groups excluding carboxylic acids is 1. The predicted octanol–water partition coefficient (Wildman–Crippen LogP) is 6.49. The average molecular weight is 361 g/mol. The lowest BCUT2D eigenvalue weighted by atomic mass is 10.0. The number of rotatable bonds is 16. The Balaban J connectivity index is 1.82. The number of allylic oxidation sites excluding steroid dienone is 4. The third kappa shape index (κ3) is 13.7. The van der Waals surface area contributed by atoms with E-state index in [1.165, 1.54) is 77.0 Å². The van der Waals surface area contributed by atoms with Gasteiger partial charge in [0.1, 0.15) is 5.82 Å². The maximum absolute atomic E-state index is 11.9. The highest BCUT2D eigenvalue weighted by atomic mass is 16.1. The largest absolute Gasteiger partial charge is 0.348 e. The molecule has 2 N–H and O–H groups in total. The molecule has 0 saturated heterocycles. The van der Waals surface area contributed by atoms with Gasteiger partial charge in [0.2, 0.25) is 5.91 Å². The van der Waals surface area contributed by atoms with E-state index in [-0.39, 0.29) is 5.91 Å². The van der Waals surface area contributed by atoms with E-state index < -0.39 is 0 Å². The van der Waals surface area contributed by atoms with Gasteiger partial charge in [0.25, 0.3) is 0 Å². The molecule has 1 heterocycles. The van der Waals surface area contributed by atoms with E-state index in [0.29, 0.717) is 6.42 Å². The molecule has 1 aliphatic heterocycles. The van der Waals surface area contributed by atoms with Gasteiger partial charge in [0.05, 0.1) is 0 Å². The lowest BCUT2D eigenvalue weighted by molar-refractivity contribution is -0.120. The lowest BCUT2D eigenvalue weighted by Crippen LogP contribution is -2.28. The standard InChI is InChI=1S/C23H40N2O/c1-2-3-4-5-6-7-8-9-10-11-12-13-14-17-20-23(26)25-22-19-16-15-18-21-24-22/h15-16,18-19,21,24H,2-14,17,20H2,1H3,(H,25,26). The summed E-state index contributed by atoms with van der Waals surface area (Å²) in [6.07, 6.45) is 28.8. The number of hydrogen-bond acceptors (Lipinski definition) is 2. The van der Waals surface area contributed by atoms with Crippen LogP contribution in [0.5, 0.6) is 0 Å². The minimum Gasteiger partial charge on any atom is -0.348 e. The van der Waals surface area contributed by atoms with Gasteiger partial charge in [-0.05, 0) is 18.6 Å². The molecule has 0 atom stereocenters. The molecule has 0 spiro atoms. The highest BCUT2D eigenvalue weighted by Gasteiger charge is 2.03. The second kappa shape index (κ2) is 16.9. The molecular weight excluding hydrogens is 320 g/mol. The van der Waals surface area contributed by atoms with Crippen molar-refractivity contribution in [3.8, 4) is 0 Å². The first-order chi connectivity index (χ1) is 12.8. The summed E-state index contributed by atoms with van der Waals surface area (Å²) < 4.78 is 0. The summed E-state index contributed by atoms with van der Waals surface area (Å²) in [5.74, 6) is 0.858. The molecule has 1 aliphatic rings. The van der Waals surface area contributed by atoms with Gasteiger partial charge in [-0.2, -0.15) is 0 Å². The van der Waals surface area contributed by atoms with Gasteiger partial charge in [-0.3, -0.25) is 4.79 Å². The van der Waals surface area contributed by atoms with Gasteiger partial charge in [-0.1, -0.05) is 103 Å². The Morgan fingerprint density at radius 2 is 1.31 bits per heavy atom. The van der Waals surface area contributed by atoms with Crippen LogP contribution >= 0.6 is 0 Å². The van der Waals surface area contributed by atoms with Crippen LogP contribution in [0.4, 0.5) is 0 Å². The molecule has 0 unspecified atom stereocenters. The quantitative estimate of drug-likeness (QED) is 0.309. The SMILES string of the molecule is CCCCCCCCCCCCCCCCC(=O)NC1=CC=CC=CN1.